The fourth-order valence-electron chi connectivity index (χ4n) is 0.903. The van der Waals surface area contributed by atoms with Gasteiger partial charge in [-0.2, -0.15) is 0 Å². The van der Waals surface area contributed by atoms with E-state index in [1.165, 1.54) is 12.1 Å². The summed E-state index contributed by atoms with van der Waals surface area (Å²) >= 11 is 0. The highest BCUT2D eigenvalue weighted by Crippen LogP contribution is 2.04. The lowest BCUT2D eigenvalue weighted by Crippen LogP contribution is -2.30. The van der Waals surface area contributed by atoms with Crippen LogP contribution in [-0.4, -0.2) is 12.6 Å². The molecule has 4 heteroatoms. The van der Waals surface area contributed by atoms with E-state index in [2.05, 4.69) is 5.32 Å². The largest absolute Gasteiger partial charge is 0.352 e. The zero-order chi connectivity index (χ0) is 9.68. The van der Waals surface area contributed by atoms with Gasteiger partial charge in [0.25, 0.3) is 0 Å². The van der Waals surface area contributed by atoms with Crippen LogP contribution in [0.5, 0.6) is 0 Å². The van der Waals surface area contributed by atoms with Crippen molar-refractivity contribution in [2.24, 2.45) is 5.73 Å². The monoisotopic (exact) mass is 181 g/mol. The number of carbonyl (C=O) groups is 1. The van der Waals surface area contributed by atoms with Crippen LogP contribution in [0.3, 0.4) is 0 Å². The summed E-state index contributed by atoms with van der Waals surface area (Å²) < 4.78 is 12.6. The molecule has 0 aliphatic rings. The minimum atomic E-state index is -0.590. The average Bonchev–Trinajstić information content (AvgIpc) is 2.03. The van der Waals surface area contributed by atoms with Gasteiger partial charge < -0.3 is 11.1 Å². The van der Waals surface area contributed by atoms with E-state index in [-0.39, 0.29) is 5.82 Å². The summed E-state index contributed by atoms with van der Waals surface area (Å²) in [6.07, 6.45) is 1.67. The minimum Gasteiger partial charge on any atom is -0.352 e. The predicted octanol–water partition coefficient (Wildman–Crippen LogP) is 1.05. The van der Waals surface area contributed by atoms with Gasteiger partial charge in [-0.05, 0) is 17.7 Å². The van der Waals surface area contributed by atoms with Gasteiger partial charge in [-0.3, -0.25) is 0 Å². The van der Waals surface area contributed by atoms with Crippen molar-refractivity contribution in [3.63, 3.8) is 0 Å². The third-order valence-corrected chi connectivity index (χ3v) is 1.46. The van der Waals surface area contributed by atoms with E-state index in [9.17, 15) is 9.18 Å². The van der Waals surface area contributed by atoms with Gasteiger partial charge in [0, 0.05) is 13.0 Å². The van der Waals surface area contributed by atoms with Crippen LogP contribution in [0.25, 0.3) is 0 Å². The molecule has 2 amide bonds. The quantitative estimate of drug-likeness (QED) is 0.719. The molecule has 0 saturated carbocycles. The first kappa shape index (κ1) is 9.51. The van der Waals surface area contributed by atoms with E-state index >= 15 is 0 Å². The number of carbonyl (C=O) groups excluding carboxylic acids is 1. The van der Waals surface area contributed by atoms with Gasteiger partial charge in [0.05, 0.1) is 0 Å². The lowest BCUT2D eigenvalue weighted by Gasteiger charge is -2.01. The highest BCUT2D eigenvalue weighted by molar-refractivity contribution is 5.71. The molecule has 1 aromatic rings. The lowest BCUT2D eigenvalue weighted by atomic mass is 10.1. The van der Waals surface area contributed by atoms with Crippen molar-refractivity contribution in [3.8, 4) is 0 Å². The Bertz CT molecular complexity index is 301. The smallest absolute Gasteiger partial charge is 0.312 e. The highest BCUT2D eigenvalue weighted by atomic mass is 19.1. The molecule has 0 spiro atoms. The highest BCUT2D eigenvalue weighted by Gasteiger charge is 1.96. The second kappa shape index (κ2) is 4.45. The van der Waals surface area contributed by atoms with Crippen LogP contribution in [0.1, 0.15) is 5.56 Å². The Morgan fingerprint density at radius 1 is 1.62 bits per heavy atom. The van der Waals surface area contributed by atoms with Gasteiger partial charge in [-0.15, -0.1) is 0 Å². The number of rotatable bonds is 3. The zero-order valence-electron chi connectivity index (χ0n) is 6.96. The number of halogens is 1. The van der Waals surface area contributed by atoms with Gasteiger partial charge in [0.2, 0.25) is 0 Å². The van der Waals surface area contributed by atoms with Crippen molar-refractivity contribution < 1.29 is 9.18 Å². The maximum Gasteiger partial charge on any atom is 0.312 e. The summed E-state index contributed by atoms with van der Waals surface area (Å²) in [7, 11) is 0. The van der Waals surface area contributed by atoms with Crippen LogP contribution in [0, 0.1) is 12.2 Å². The van der Waals surface area contributed by atoms with E-state index < -0.39 is 6.03 Å². The normalized spacial score (nSPS) is 9.62. The van der Waals surface area contributed by atoms with E-state index in [0.29, 0.717) is 12.1 Å². The zero-order valence-corrected chi connectivity index (χ0v) is 6.96. The first-order valence-electron chi connectivity index (χ1n) is 3.80. The molecule has 3 N–H and O–H groups in total. The average molecular weight is 181 g/mol. The van der Waals surface area contributed by atoms with Crippen LogP contribution in [0.2, 0.25) is 0 Å². The van der Waals surface area contributed by atoms with Crippen molar-refractivity contribution in [2.75, 3.05) is 6.54 Å². The molecule has 0 heterocycles. The van der Waals surface area contributed by atoms with Gasteiger partial charge in [0.1, 0.15) is 5.82 Å². The summed E-state index contributed by atoms with van der Waals surface area (Å²) in [5, 5.41) is 2.37. The van der Waals surface area contributed by atoms with E-state index in [4.69, 9.17) is 5.73 Å². The molecule has 0 aliphatic carbocycles. The van der Waals surface area contributed by atoms with Gasteiger partial charge >= 0.3 is 6.03 Å². The molecule has 0 unspecified atom stereocenters. The third-order valence-electron chi connectivity index (χ3n) is 1.46. The molecule has 0 aliphatic heterocycles. The molecule has 0 aromatic heterocycles. The van der Waals surface area contributed by atoms with Crippen molar-refractivity contribution in [3.05, 3.63) is 42.1 Å². The summed E-state index contributed by atoms with van der Waals surface area (Å²) in [6.45, 7) is 0.304. The number of primary amides is 1. The Balaban J connectivity index is 2.41. The number of hydrogen-bond acceptors (Lipinski definition) is 1. The van der Waals surface area contributed by atoms with Crippen molar-refractivity contribution >= 4 is 6.03 Å². The first-order valence-corrected chi connectivity index (χ1v) is 3.80. The van der Waals surface area contributed by atoms with E-state index in [0.717, 1.165) is 0 Å². The predicted molar refractivity (Wildman–Crippen MR) is 47.4 cm³/mol. The summed E-state index contributed by atoms with van der Waals surface area (Å²) in [6, 6.07) is 5.49. The number of nitrogens with two attached hydrogens (primary N) is 1. The van der Waals surface area contributed by atoms with Gasteiger partial charge in [-0.1, -0.05) is 12.1 Å². The number of hydrogen-bond donors (Lipinski definition) is 2. The molecule has 1 rings (SSSR count). The van der Waals surface area contributed by atoms with Gasteiger partial charge in [0.15, 0.2) is 0 Å². The van der Waals surface area contributed by atoms with Gasteiger partial charge in [-0.25, -0.2) is 9.18 Å². The fraction of sp³-hybridized carbons (Fsp3) is 0.111. The number of nitrogens with one attached hydrogen (secondary N) is 1. The van der Waals surface area contributed by atoms with Crippen molar-refractivity contribution in [1.29, 1.82) is 0 Å². The number of amides is 2. The van der Waals surface area contributed by atoms with Crippen LogP contribution in [0.15, 0.2) is 24.3 Å². The maximum atomic E-state index is 12.6. The second-order valence-corrected chi connectivity index (χ2v) is 2.50. The Labute approximate surface area is 75.7 Å². The Hall–Kier alpha value is -1.58. The van der Waals surface area contributed by atoms with E-state index in [1.807, 2.05) is 0 Å². The van der Waals surface area contributed by atoms with Crippen LogP contribution < -0.4 is 11.1 Å². The molecule has 0 atom stereocenters. The molecule has 0 bridgehead atoms. The van der Waals surface area contributed by atoms with Crippen LogP contribution in [0.4, 0.5) is 9.18 Å². The molecule has 1 aromatic carbocycles. The third kappa shape index (κ3) is 3.55. The van der Waals surface area contributed by atoms with Crippen molar-refractivity contribution in [2.45, 2.75) is 0 Å². The molecule has 3 nitrogen and oxygen atoms in total. The second-order valence-electron chi connectivity index (χ2n) is 2.50. The SMILES string of the molecule is NC(=O)NC[CH]c1cccc(F)c1. The van der Waals surface area contributed by atoms with E-state index in [1.54, 1.807) is 18.6 Å². The molecular formula is C9H10FN2O. The number of urea groups is 1. The van der Waals surface area contributed by atoms with Crippen molar-refractivity contribution in [1.82, 2.24) is 5.32 Å². The number of benzene rings is 1. The Morgan fingerprint density at radius 2 is 2.38 bits per heavy atom. The fourth-order valence-corrected chi connectivity index (χ4v) is 0.903. The molecule has 0 fully saturated rings. The minimum absolute atomic E-state index is 0.298. The topological polar surface area (TPSA) is 55.1 Å². The summed E-state index contributed by atoms with van der Waals surface area (Å²) in [5.41, 5.74) is 5.56. The standard InChI is InChI=1S/C9H10FN2O/c10-8-3-1-2-7(6-8)4-5-12-9(11)13/h1-4,6H,5H2,(H3,11,12,13). The maximum absolute atomic E-state index is 12.6. The Morgan fingerprint density at radius 3 is 3.00 bits per heavy atom. The Kier molecular flexibility index (Phi) is 3.25. The van der Waals surface area contributed by atoms with Crippen LogP contribution >= 0.6 is 0 Å². The molecule has 13 heavy (non-hydrogen) atoms. The first-order chi connectivity index (χ1) is 6.18. The molecule has 0 saturated heterocycles. The summed E-state index contributed by atoms with van der Waals surface area (Å²) in [4.78, 5) is 10.3. The molecule has 69 valence electrons. The molecule has 1 radical (unpaired) electrons. The molecular weight excluding hydrogens is 171 g/mol. The van der Waals surface area contributed by atoms with Crippen LogP contribution in [-0.2, 0) is 0 Å². The summed E-state index contributed by atoms with van der Waals surface area (Å²) in [5.74, 6) is -0.298. The lowest BCUT2D eigenvalue weighted by molar-refractivity contribution is 0.249.